The van der Waals surface area contributed by atoms with E-state index in [1.807, 2.05) is 32.0 Å². The van der Waals surface area contributed by atoms with Crippen molar-refractivity contribution in [2.24, 2.45) is 0 Å². The summed E-state index contributed by atoms with van der Waals surface area (Å²) in [6.45, 7) is 4.52. The third-order valence-corrected chi connectivity index (χ3v) is 3.22. The summed E-state index contributed by atoms with van der Waals surface area (Å²) in [6.07, 6.45) is 0. The van der Waals surface area contributed by atoms with Gasteiger partial charge in [-0.15, -0.1) is 0 Å². The average molecular weight is 274 g/mol. The molecule has 0 saturated heterocycles. The zero-order valence-corrected chi connectivity index (χ0v) is 11.3. The number of aryl methyl sites for hydroxylation is 2. The molecule has 0 aliphatic rings. The van der Waals surface area contributed by atoms with Gasteiger partial charge in [0.15, 0.2) is 5.82 Å². The molecule has 2 rings (SSSR count). The average Bonchev–Trinajstić information content (AvgIpc) is 2.41. The van der Waals surface area contributed by atoms with Gasteiger partial charge in [0.2, 0.25) is 0 Å². The lowest BCUT2D eigenvalue weighted by Crippen LogP contribution is -2.02. The molecule has 2 aromatic carbocycles. The molecule has 0 heterocycles. The Morgan fingerprint density at radius 1 is 1.15 bits per heavy atom. The van der Waals surface area contributed by atoms with Gasteiger partial charge < -0.3 is 5.32 Å². The van der Waals surface area contributed by atoms with E-state index in [1.54, 1.807) is 0 Å². The van der Waals surface area contributed by atoms with Crippen LogP contribution in [-0.2, 0) is 6.54 Å². The molecular formula is C15H15FN2O2. The maximum Gasteiger partial charge on any atom is 0.272 e. The number of anilines is 1. The highest BCUT2D eigenvalue weighted by atomic mass is 19.1. The Bertz CT molecular complexity index is 656. The van der Waals surface area contributed by atoms with Gasteiger partial charge in [0.05, 0.1) is 16.7 Å². The molecule has 0 amide bonds. The zero-order chi connectivity index (χ0) is 14.7. The van der Waals surface area contributed by atoms with E-state index in [2.05, 4.69) is 5.32 Å². The lowest BCUT2D eigenvalue weighted by atomic mass is 10.1. The molecule has 0 unspecified atom stereocenters. The first-order valence-corrected chi connectivity index (χ1v) is 6.21. The molecule has 0 atom stereocenters. The van der Waals surface area contributed by atoms with E-state index in [4.69, 9.17) is 0 Å². The minimum Gasteiger partial charge on any atom is -0.379 e. The summed E-state index contributed by atoms with van der Waals surface area (Å²) in [5, 5.41) is 13.5. The van der Waals surface area contributed by atoms with Gasteiger partial charge in [0, 0.05) is 12.6 Å². The molecule has 0 aromatic heterocycles. The summed E-state index contributed by atoms with van der Waals surface area (Å²) in [5.41, 5.74) is 3.42. The van der Waals surface area contributed by atoms with E-state index >= 15 is 0 Å². The number of rotatable bonds is 4. The highest BCUT2D eigenvalue weighted by Gasteiger charge is 2.10. The first-order valence-electron chi connectivity index (χ1n) is 6.21. The number of non-ortho nitro benzene ring substituents is 1. The fourth-order valence-electron chi connectivity index (χ4n) is 1.87. The Morgan fingerprint density at radius 2 is 1.90 bits per heavy atom. The molecule has 0 saturated carbocycles. The third kappa shape index (κ3) is 3.12. The molecule has 0 fully saturated rings. The second-order valence-corrected chi connectivity index (χ2v) is 4.69. The van der Waals surface area contributed by atoms with Crippen molar-refractivity contribution in [2.45, 2.75) is 20.4 Å². The Labute approximate surface area is 116 Å². The van der Waals surface area contributed by atoms with Crippen LogP contribution in [0.3, 0.4) is 0 Å². The maximum atomic E-state index is 13.7. The number of nitro benzene ring substituents is 1. The van der Waals surface area contributed by atoms with Crippen molar-refractivity contribution in [1.82, 2.24) is 0 Å². The molecule has 0 radical (unpaired) electrons. The molecule has 1 N–H and O–H groups in total. The number of nitro groups is 1. The van der Waals surface area contributed by atoms with Gasteiger partial charge in [-0.2, -0.15) is 0 Å². The van der Waals surface area contributed by atoms with Crippen LogP contribution in [0.15, 0.2) is 36.4 Å². The van der Waals surface area contributed by atoms with Crippen molar-refractivity contribution in [2.75, 3.05) is 5.32 Å². The van der Waals surface area contributed by atoms with E-state index in [0.29, 0.717) is 6.54 Å². The Kier molecular flexibility index (Phi) is 3.98. The first-order chi connectivity index (χ1) is 9.47. The number of benzene rings is 2. The summed E-state index contributed by atoms with van der Waals surface area (Å²) >= 11 is 0. The molecule has 0 spiro atoms. The van der Waals surface area contributed by atoms with Crippen LogP contribution in [0, 0.1) is 29.8 Å². The highest BCUT2D eigenvalue weighted by Crippen LogP contribution is 2.21. The minimum absolute atomic E-state index is 0.251. The predicted molar refractivity (Wildman–Crippen MR) is 76.3 cm³/mol. The molecule has 0 bridgehead atoms. The number of nitrogens with zero attached hydrogens (tertiary/aromatic N) is 1. The maximum absolute atomic E-state index is 13.7. The van der Waals surface area contributed by atoms with Crippen molar-refractivity contribution in [1.29, 1.82) is 0 Å². The molecule has 20 heavy (non-hydrogen) atoms. The van der Waals surface area contributed by atoms with Crippen LogP contribution in [0.1, 0.15) is 16.7 Å². The standard InChI is InChI=1S/C15H15FN2O2/c1-10-3-4-12(7-11(10)2)9-17-15-6-5-13(18(19)20)8-14(15)16/h3-8,17H,9H2,1-2H3. The van der Waals surface area contributed by atoms with Crippen LogP contribution >= 0.6 is 0 Å². The Hall–Kier alpha value is -2.43. The number of halogens is 1. The lowest BCUT2D eigenvalue weighted by Gasteiger charge is -2.09. The second kappa shape index (κ2) is 5.69. The second-order valence-electron chi connectivity index (χ2n) is 4.69. The van der Waals surface area contributed by atoms with Crippen LogP contribution in [0.25, 0.3) is 0 Å². The van der Waals surface area contributed by atoms with Crippen LogP contribution in [-0.4, -0.2) is 4.92 Å². The molecule has 0 aliphatic heterocycles. The largest absolute Gasteiger partial charge is 0.379 e. The van der Waals surface area contributed by atoms with Crippen molar-refractivity contribution in [3.05, 3.63) is 69.0 Å². The van der Waals surface area contributed by atoms with Crippen molar-refractivity contribution >= 4 is 11.4 Å². The van der Waals surface area contributed by atoms with Crippen LogP contribution in [0.4, 0.5) is 15.8 Å². The summed E-state index contributed by atoms with van der Waals surface area (Å²) < 4.78 is 13.7. The fraction of sp³-hybridized carbons (Fsp3) is 0.200. The molecule has 104 valence electrons. The molecule has 4 nitrogen and oxygen atoms in total. The number of nitrogens with one attached hydrogen (secondary N) is 1. The summed E-state index contributed by atoms with van der Waals surface area (Å²) in [7, 11) is 0. The quantitative estimate of drug-likeness (QED) is 0.678. The van der Waals surface area contributed by atoms with E-state index in [1.165, 1.54) is 23.3 Å². The third-order valence-electron chi connectivity index (χ3n) is 3.22. The summed E-state index contributed by atoms with van der Waals surface area (Å²) in [6, 6.07) is 9.60. The van der Waals surface area contributed by atoms with E-state index in [-0.39, 0.29) is 11.4 Å². The monoisotopic (exact) mass is 274 g/mol. The van der Waals surface area contributed by atoms with Gasteiger partial charge in [0.1, 0.15) is 0 Å². The minimum atomic E-state index is -0.622. The fourth-order valence-corrected chi connectivity index (χ4v) is 1.87. The van der Waals surface area contributed by atoms with E-state index < -0.39 is 10.7 Å². The van der Waals surface area contributed by atoms with Crippen molar-refractivity contribution < 1.29 is 9.31 Å². The predicted octanol–water partition coefficient (Wildman–Crippen LogP) is 3.96. The van der Waals surface area contributed by atoms with Gasteiger partial charge in [-0.25, -0.2) is 4.39 Å². The Balaban J connectivity index is 2.10. The van der Waals surface area contributed by atoms with Gasteiger partial charge in [-0.3, -0.25) is 10.1 Å². The van der Waals surface area contributed by atoms with Gasteiger partial charge >= 0.3 is 0 Å². The summed E-state index contributed by atoms with van der Waals surface area (Å²) in [5.74, 6) is -0.622. The van der Waals surface area contributed by atoms with Crippen molar-refractivity contribution in [3.63, 3.8) is 0 Å². The number of hydrogen-bond donors (Lipinski definition) is 1. The molecular weight excluding hydrogens is 259 g/mol. The highest BCUT2D eigenvalue weighted by molar-refractivity contribution is 5.50. The Morgan fingerprint density at radius 3 is 2.50 bits per heavy atom. The van der Waals surface area contributed by atoms with Crippen LogP contribution in [0.5, 0.6) is 0 Å². The van der Waals surface area contributed by atoms with Crippen molar-refractivity contribution in [3.8, 4) is 0 Å². The summed E-state index contributed by atoms with van der Waals surface area (Å²) in [4.78, 5) is 9.92. The topological polar surface area (TPSA) is 55.2 Å². The normalized spacial score (nSPS) is 10.3. The molecule has 5 heteroatoms. The van der Waals surface area contributed by atoms with Gasteiger partial charge in [-0.1, -0.05) is 18.2 Å². The van der Waals surface area contributed by atoms with Crippen LogP contribution < -0.4 is 5.32 Å². The number of hydrogen-bond acceptors (Lipinski definition) is 3. The smallest absolute Gasteiger partial charge is 0.272 e. The van der Waals surface area contributed by atoms with E-state index in [9.17, 15) is 14.5 Å². The van der Waals surface area contributed by atoms with Gasteiger partial charge in [-0.05, 0) is 36.6 Å². The van der Waals surface area contributed by atoms with Gasteiger partial charge in [0.25, 0.3) is 5.69 Å². The van der Waals surface area contributed by atoms with E-state index in [0.717, 1.165) is 11.6 Å². The van der Waals surface area contributed by atoms with Crippen LogP contribution in [0.2, 0.25) is 0 Å². The first kappa shape index (κ1) is 14.0. The SMILES string of the molecule is Cc1ccc(CNc2ccc([N+](=O)[O-])cc2F)cc1C. The molecule has 2 aromatic rings. The zero-order valence-electron chi connectivity index (χ0n) is 11.3. The molecule has 0 aliphatic carbocycles. The lowest BCUT2D eigenvalue weighted by molar-refractivity contribution is -0.385.